The molecule has 1 aliphatic heterocycles. The van der Waals surface area contributed by atoms with Crippen LogP contribution in [0, 0.1) is 0 Å². The lowest BCUT2D eigenvalue weighted by molar-refractivity contribution is -0.0224. The molecule has 1 aliphatic rings. The van der Waals surface area contributed by atoms with E-state index < -0.39 is 6.10 Å². The molecule has 0 bridgehead atoms. The summed E-state index contributed by atoms with van der Waals surface area (Å²) < 4.78 is 5.27. The largest absolute Gasteiger partial charge is 0.394 e. The molecule has 3 atom stereocenters. The van der Waals surface area contributed by atoms with Crippen LogP contribution in [0.15, 0.2) is 0 Å². The Hall–Kier alpha value is -0.120. The van der Waals surface area contributed by atoms with Crippen molar-refractivity contribution in [3.8, 4) is 0 Å². The summed E-state index contributed by atoms with van der Waals surface area (Å²) in [7, 11) is 0. The Balaban J connectivity index is 0.000000561. The Morgan fingerprint density at radius 2 is 2.00 bits per heavy atom. The van der Waals surface area contributed by atoms with E-state index in [1.807, 2.05) is 20.8 Å². The molecule has 0 spiro atoms. The fourth-order valence-electron chi connectivity index (χ4n) is 1.24. The van der Waals surface area contributed by atoms with Crippen molar-refractivity contribution < 1.29 is 14.9 Å². The van der Waals surface area contributed by atoms with Gasteiger partial charge >= 0.3 is 0 Å². The Morgan fingerprint density at radius 1 is 1.42 bits per heavy atom. The van der Waals surface area contributed by atoms with E-state index in [0.717, 1.165) is 6.42 Å². The van der Waals surface area contributed by atoms with Crippen molar-refractivity contribution in [3.63, 3.8) is 0 Å². The topological polar surface area (TPSA) is 49.7 Å². The van der Waals surface area contributed by atoms with Gasteiger partial charge in [-0.25, -0.2) is 0 Å². The molecule has 1 rings (SSSR count). The number of hydrogen-bond donors (Lipinski definition) is 2. The maximum atomic E-state index is 9.21. The highest BCUT2D eigenvalue weighted by atomic mass is 16.5. The van der Waals surface area contributed by atoms with Gasteiger partial charge in [0.25, 0.3) is 0 Å². The van der Waals surface area contributed by atoms with Gasteiger partial charge in [0.05, 0.1) is 18.8 Å². The Labute approximate surface area is 74.4 Å². The molecule has 1 saturated heterocycles. The third-order valence-corrected chi connectivity index (χ3v) is 1.94. The Kier molecular flexibility index (Phi) is 6.34. The average molecular weight is 176 g/mol. The fraction of sp³-hybridized carbons (Fsp3) is 1.00. The van der Waals surface area contributed by atoms with Gasteiger partial charge in [0.1, 0.15) is 6.10 Å². The SMILES string of the molecule is CC.CCC1CC(O)C(CO)O1. The molecule has 0 aromatic rings. The number of ether oxygens (including phenoxy) is 1. The van der Waals surface area contributed by atoms with Crippen LogP contribution in [0.25, 0.3) is 0 Å². The summed E-state index contributed by atoms with van der Waals surface area (Å²) in [5.74, 6) is 0. The first-order valence-corrected chi connectivity index (χ1v) is 4.72. The van der Waals surface area contributed by atoms with Crippen LogP contribution in [0.5, 0.6) is 0 Å². The minimum atomic E-state index is -0.463. The van der Waals surface area contributed by atoms with E-state index in [1.165, 1.54) is 0 Å². The zero-order chi connectivity index (χ0) is 9.56. The van der Waals surface area contributed by atoms with Crippen LogP contribution >= 0.6 is 0 Å². The lowest BCUT2D eigenvalue weighted by atomic mass is 10.1. The molecule has 3 nitrogen and oxygen atoms in total. The first kappa shape index (κ1) is 11.9. The molecule has 0 aromatic carbocycles. The predicted octanol–water partition coefficient (Wildman–Crippen LogP) is 0.933. The van der Waals surface area contributed by atoms with E-state index in [9.17, 15) is 5.11 Å². The normalized spacial score (nSPS) is 34.2. The molecule has 0 radical (unpaired) electrons. The van der Waals surface area contributed by atoms with Crippen LogP contribution in [0.3, 0.4) is 0 Å². The van der Waals surface area contributed by atoms with Crippen LogP contribution in [0.4, 0.5) is 0 Å². The van der Waals surface area contributed by atoms with Gasteiger partial charge in [-0.15, -0.1) is 0 Å². The van der Waals surface area contributed by atoms with Gasteiger partial charge in [-0.05, 0) is 6.42 Å². The van der Waals surface area contributed by atoms with E-state index in [0.29, 0.717) is 6.42 Å². The van der Waals surface area contributed by atoms with Crippen LogP contribution in [0.2, 0.25) is 0 Å². The highest BCUT2D eigenvalue weighted by Gasteiger charge is 2.31. The van der Waals surface area contributed by atoms with Crippen molar-refractivity contribution >= 4 is 0 Å². The van der Waals surface area contributed by atoms with Gasteiger partial charge in [0.2, 0.25) is 0 Å². The minimum absolute atomic E-state index is 0.0718. The summed E-state index contributed by atoms with van der Waals surface area (Å²) in [5.41, 5.74) is 0. The van der Waals surface area contributed by atoms with E-state index in [4.69, 9.17) is 9.84 Å². The summed E-state index contributed by atoms with van der Waals surface area (Å²) in [5, 5.41) is 17.9. The fourth-order valence-corrected chi connectivity index (χ4v) is 1.24. The molecule has 2 N–H and O–H groups in total. The van der Waals surface area contributed by atoms with E-state index in [-0.39, 0.29) is 18.8 Å². The van der Waals surface area contributed by atoms with E-state index in [1.54, 1.807) is 0 Å². The maximum Gasteiger partial charge on any atom is 0.107 e. The van der Waals surface area contributed by atoms with Crippen molar-refractivity contribution in [2.75, 3.05) is 6.61 Å². The monoisotopic (exact) mass is 176 g/mol. The maximum absolute atomic E-state index is 9.21. The standard InChI is InChI=1S/C7H14O3.C2H6/c1-2-5-3-6(9)7(4-8)10-5;1-2/h5-9H,2-4H2,1H3;1-2H3. The highest BCUT2D eigenvalue weighted by Crippen LogP contribution is 2.21. The molecule has 0 saturated carbocycles. The molecule has 0 amide bonds. The number of aliphatic hydroxyl groups excluding tert-OH is 2. The van der Waals surface area contributed by atoms with Crippen molar-refractivity contribution in [1.82, 2.24) is 0 Å². The van der Waals surface area contributed by atoms with Crippen molar-refractivity contribution in [2.24, 2.45) is 0 Å². The van der Waals surface area contributed by atoms with Crippen LogP contribution in [0.1, 0.15) is 33.6 Å². The van der Waals surface area contributed by atoms with Crippen LogP contribution in [-0.4, -0.2) is 35.1 Å². The second kappa shape index (κ2) is 6.40. The zero-order valence-electron chi connectivity index (χ0n) is 8.16. The van der Waals surface area contributed by atoms with E-state index >= 15 is 0 Å². The van der Waals surface area contributed by atoms with Gasteiger partial charge in [-0.2, -0.15) is 0 Å². The van der Waals surface area contributed by atoms with Gasteiger partial charge in [0, 0.05) is 6.42 Å². The summed E-state index contributed by atoms with van der Waals surface area (Å²) in [6, 6.07) is 0. The van der Waals surface area contributed by atoms with Crippen molar-refractivity contribution in [2.45, 2.75) is 51.9 Å². The average Bonchev–Trinajstić information content (AvgIpc) is 2.49. The number of hydrogen-bond acceptors (Lipinski definition) is 3. The zero-order valence-corrected chi connectivity index (χ0v) is 8.16. The molecule has 0 aromatic heterocycles. The summed E-state index contributed by atoms with van der Waals surface area (Å²) in [6.45, 7) is 5.94. The second-order valence-electron chi connectivity index (χ2n) is 2.69. The lowest BCUT2D eigenvalue weighted by Crippen LogP contribution is -2.24. The summed E-state index contributed by atoms with van der Waals surface area (Å²) in [4.78, 5) is 0. The van der Waals surface area contributed by atoms with Crippen LogP contribution in [-0.2, 0) is 4.74 Å². The Morgan fingerprint density at radius 3 is 2.25 bits per heavy atom. The lowest BCUT2D eigenvalue weighted by Gasteiger charge is -2.09. The van der Waals surface area contributed by atoms with Gasteiger partial charge in [-0.1, -0.05) is 20.8 Å². The molecular formula is C9H20O3. The molecule has 74 valence electrons. The predicted molar refractivity (Wildman–Crippen MR) is 48.0 cm³/mol. The van der Waals surface area contributed by atoms with Crippen molar-refractivity contribution in [1.29, 1.82) is 0 Å². The quantitative estimate of drug-likeness (QED) is 0.658. The first-order valence-electron chi connectivity index (χ1n) is 4.72. The molecule has 12 heavy (non-hydrogen) atoms. The van der Waals surface area contributed by atoms with E-state index in [2.05, 4.69) is 0 Å². The molecule has 0 aliphatic carbocycles. The number of aliphatic hydroxyl groups is 2. The minimum Gasteiger partial charge on any atom is -0.394 e. The van der Waals surface area contributed by atoms with Crippen molar-refractivity contribution in [3.05, 3.63) is 0 Å². The Bertz CT molecular complexity index is 106. The van der Waals surface area contributed by atoms with Gasteiger partial charge in [0.15, 0.2) is 0 Å². The molecule has 1 fully saturated rings. The van der Waals surface area contributed by atoms with Gasteiger partial charge < -0.3 is 14.9 Å². The molecular weight excluding hydrogens is 156 g/mol. The molecule has 3 unspecified atom stereocenters. The smallest absolute Gasteiger partial charge is 0.107 e. The summed E-state index contributed by atoms with van der Waals surface area (Å²) >= 11 is 0. The highest BCUT2D eigenvalue weighted by molar-refractivity contribution is 4.80. The first-order chi connectivity index (χ1) is 5.77. The number of rotatable bonds is 2. The molecule has 3 heteroatoms. The van der Waals surface area contributed by atoms with Crippen LogP contribution < -0.4 is 0 Å². The third kappa shape index (κ3) is 3.09. The molecule has 1 heterocycles. The summed E-state index contributed by atoms with van der Waals surface area (Å²) in [6.07, 6.45) is 0.919. The second-order valence-corrected chi connectivity index (χ2v) is 2.69. The van der Waals surface area contributed by atoms with Gasteiger partial charge in [-0.3, -0.25) is 0 Å². The third-order valence-electron chi connectivity index (χ3n) is 1.94.